The topological polar surface area (TPSA) is 64.7 Å². The van der Waals surface area contributed by atoms with Crippen molar-refractivity contribution in [2.75, 3.05) is 39.0 Å². The van der Waals surface area contributed by atoms with E-state index in [0.29, 0.717) is 17.8 Å². The summed E-state index contributed by atoms with van der Waals surface area (Å²) < 4.78 is 0. The van der Waals surface area contributed by atoms with E-state index < -0.39 is 0 Å². The monoisotopic (exact) mass is 416 g/mol. The average molecular weight is 417 g/mol. The molecule has 1 saturated heterocycles. The average Bonchev–Trinajstić information content (AvgIpc) is 2.73. The van der Waals surface area contributed by atoms with Crippen LogP contribution in [0.5, 0.6) is 0 Å². The van der Waals surface area contributed by atoms with E-state index in [1.807, 2.05) is 4.90 Å². The second-order valence-corrected chi connectivity index (χ2v) is 7.22. The standard InChI is InChI=1S/C22H28N4O2.ClH/c1-4-16-8-10-17(11-9-16)20-15-23-12-13-26(20)21(27)18-6-5-7-19(14-18)24-22(28)25(2)3;/h5-11,14,20,23H,4,12-13,15H2,1-3H3,(H,24,28);1H. The number of carbonyl (C=O) groups excluding carboxylic acids is 2. The Morgan fingerprint density at radius 3 is 2.55 bits per heavy atom. The molecular weight excluding hydrogens is 388 g/mol. The van der Waals surface area contributed by atoms with Crippen LogP contribution in [0.3, 0.4) is 0 Å². The van der Waals surface area contributed by atoms with Crippen molar-refractivity contribution in [1.29, 1.82) is 0 Å². The zero-order valence-electron chi connectivity index (χ0n) is 17.1. The molecule has 1 fully saturated rings. The van der Waals surface area contributed by atoms with Crippen molar-refractivity contribution in [3.05, 3.63) is 65.2 Å². The number of halogens is 1. The first-order chi connectivity index (χ1) is 13.5. The van der Waals surface area contributed by atoms with Crippen LogP contribution in [0.15, 0.2) is 48.5 Å². The molecule has 1 unspecified atom stereocenters. The fraction of sp³-hybridized carbons (Fsp3) is 0.364. The predicted octanol–water partition coefficient (Wildman–Crippen LogP) is 3.55. The Morgan fingerprint density at radius 2 is 1.90 bits per heavy atom. The van der Waals surface area contributed by atoms with E-state index in [9.17, 15) is 9.59 Å². The third-order valence-corrected chi connectivity index (χ3v) is 5.04. The Balaban J connectivity index is 0.00000300. The first kappa shape index (κ1) is 22.7. The van der Waals surface area contributed by atoms with Crippen molar-refractivity contribution in [2.24, 2.45) is 0 Å². The van der Waals surface area contributed by atoms with Gasteiger partial charge in [-0.05, 0) is 35.7 Å². The summed E-state index contributed by atoms with van der Waals surface area (Å²) >= 11 is 0. The Labute approximate surface area is 178 Å². The van der Waals surface area contributed by atoms with Gasteiger partial charge in [0.2, 0.25) is 0 Å². The summed E-state index contributed by atoms with van der Waals surface area (Å²) in [5, 5.41) is 6.19. The number of amides is 3. The minimum Gasteiger partial charge on any atom is -0.331 e. The van der Waals surface area contributed by atoms with Crippen LogP contribution in [-0.2, 0) is 6.42 Å². The number of anilines is 1. The lowest BCUT2D eigenvalue weighted by molar-refractivity contribution is 0.0634. The highest BCUT2D eigenvalue weighted by Gasteiger charge is 2.28. The molecular formula is C22H29ClN4O2. The molecule has 0 radical (unpaired) electrons. The largest absolute Gasteiger partial charge is 0.331 e. The molecule has 0 aliphatic carbocycles. The second kappa shape index (κ2) is 10.3. The van der Waals surface area contributed by atoms with Crippen molar-refractivity contribution in [3.63, 3.8) is 0 Å². The molecule has 6 nitrogen and oxygen atoms in total. The molecule has 1 aliphatic rings. The lowest BCUT2D eigenvalue weighted by Crippen LogP contribution is -2.48. The lowest BCUT2D eigenvalue weighted by atomic mass is 10.00. The van der Waals surface area contributed by atoms with E-state index in [4.69, 9.17) is 0 Å². The van der Waals surface area contributed by atoms with Crippen molar-refractivity contribution in [1.82, 2.24) is 15.1 Å². The van der Waals surface area contributed by atoms with Gasteiger partial charge in [-0.3, -0.25) is 4.79 Å². The molecule has 156 valence electrons. The van der Waals surface area contributed by atoms with Gasteiger partial charge in [-0.15, -0.1) is 12.4 Å². The molecule has 1 heterocycles. The molecule has 0 aromatic heterocycles. The minimum atomic E-state index is -0.222. The van der Waals surface area contributed by atoms with Gasteiger partial charge in [0.05, 0.1) is 6.04 Å². The maximum atomic E-state index is 13.3. The van der Waals surface area contributed by atoms with Gasteiger partial charge in [0.25, 0.3) is 5.91 Å². The summed E-state index contributed by atoms with van der Waals surface area (Å²) in [7, 11) is 3.36. The maximum absolute atomic E-state index is 13.3. The van der Waals surface area contributed by atoms with E-state index in [2.05, 4.69) is 41.8 Å². The van der Waals surface area contributed by atoms with Gasteiger partial charge >= 0.3 is 6.03 Å². The van der Waals surface area contributed by atoms with Gasteiger partial charge < -0.3 is 20.4 Å². The first-order valence-corrected chi connectivity index (χ1v) is 9.68. The van der Waals surface area contributed by atoms with E-state index in [-0.39, 0.29) is 30.4 Å². The molecule has 1 atom stereocenters. The van der Waals surface area contributed by atoms with Crippen LogP contribution in [-0.4, -0.2) is 55.5 Å². The number of carbonyl (C=O) groups is 2. The highest BCUT2D eigenvalue weighted by Crippen LogP contribution is 2.25. The summed E-state index contributed by atoms with van der Waals surface area (Å²) in [6.45, 7) is 4.28. The molecule has 7 heteroatoms. The number of benzene rings is 2. The number of nitrogens with zero attached hydrogens (tertiary/aromatic N) is 2. The van der Waals surface area contributed by atoms with Gasteiger partial charge in [0.15, 0.2) is 0 Å². The Hall–Kier alpha value is -2.57. The van der Waals surface area contributed by atoms with E-state index in [0.717, 1.165) is 25.1 Å². The van der Waals surface area contributed by atoms with Gasteiger partial charge in [0, 0.05) is 45.0 Å². The maximum Gasteiger partial charge on any atom is 0.321 e. The van der Waals surface area contributed by atoms with Crippen molar-refractivity contribution < 1.29 is 9.59 Å². The summed E-state index contributed by atoms with van der Waals surface area (Å²) in [5.41, 5.74) is 3.61. The molecule has 29 heavy (non-hydrogen) atoms. The number of hydrogen-bond donors (Lipinski definition) is 2. The number of nitrogens with one attached hydrogen (secondary N) is 2. The lowest BCUT2D eigenvalue weighted by Gasteiger charge is -2.36. The fourth-order valence-corrected chi connectivity index (χ4v) is 3.35. The predicted molar refractivity (Wildman–Crippen MR) is 119 cm³/mol. The zero-order chi connectivity index (χ0) is 20.1. The zero-order valence-corrected chi connectivity index (χ0v) is 18.0. The van der Waals surface area contributed by atoms with Crippen molar-refractivity contribution >= 4 is 30.0 Å². The van der Waals surface area contributed by atoms with Gasteiger partial charge in [-0.1, -0.05) is 37.3 Å². The van der Waals surface area contributed by atoms with Gasteiger partial charge in [0.1, 0.15) is 0 Å². The van der Waals surface area contributed by atoms with Crippen LogP contribution in [0.1, 0.15) is 34.5 Å². The highest BCUT2D eigenvalue weighted by atomic mass is 35.5. The quantitative estimate of drug-likeness (QED) is 0.801. The van der Waals surface area contributed by atoms with E-state index in [1.165, 1.54) is 10.5 Å². The molecule has 2 aromatic carbocycles. The number of piperazine rings is 1. The number of urea groups is 1. The molecule has 2 N–H and O–H groups in total. The van der Waals surface area contributed by atoms with Gasteiger partial charge in [-0.2, -0.15) is 0 Å². The summed E-state index contributed by atoms with van der Waals surface area (Å²) in [6.07, 6.45) is 0.997. The van der Waals surface area contributed by atoms with E-state index >= 15 is 0 Å². The van der Waals surface area contributed by atoms with Crippen LogP contribution in [0.2, 0.25) is 0 Å². The van der Waals surface area contributed by atoms with Gasteiger partial charge in [-0.25, -0.2) is 4.79 Å². The van der Waals surface area contributed by atoms with Crippen LogP contribution in [0.25, 0.3) is 0 Å². The second-order valence-electron chi connectivity index (χ2n) is 7.22. The third kappa shape index (κ3) is 5.49. The van der Waals surface area contributed by atoms with Crippen molar-refractivity contribution in [3.8, 4) is 0 Å². The molecule has 2 aromatic rings. The minimum absolute atomic E-state index is 0. The number of aryl methyl sites for hydroxylation is 1. The first-order valence-electron chi connectivity index (χ1n) is 9.68. The van der Waals surface area contributed by atoms with Crippen LogP contribution in [0, 0.1) is 0 Å². The Morgan fingerprint density at radius 1 is 1.17 bits per heavy atom. The molecule has 3 rings (SSSR count). The molecule has 1 aliphatic heterocycles. The number of rotatable bonds is 4. The highest BCUT2D eigenvalue weighted by molar-refractivity contribution is 5.97. The van der Waals surface area contributed by atoms with E-state index in [1.54, 1.807) is 38.4 Å². The Bertz CT molecular complexity index is 839. The molecule has 0 bridgehead atoms. The number of hydrogen-bond acceptors (Lipinski definition) is 3. The normalized spacial score (nSPS) is 16.0. The van der Waals surface area contributed by atoms with Crippen LogP contribution in [0.4, 0.5) is 10.5 Å². The third-order valence-electron chi connectivity index (χ3n) is 5.04. The fourth-order valence-electron chi connectivity index (χ4n) is 3.35. The molecule has 3 amide bonds. The van der Waals surface area contributed by atoms with Crippen LogP contribution < -0.4 is 10.6 Å². The molecule has 0 saturated carbocycles. The summed E-state index contributed by atoms with van der Waals surface area (Å²) in [5.74, 6) is -0.0213. The summed E-state index contributed by atoms with van der Waals surface area (Å²) in [6, 6.07) is 15.4. The van der Waals surface area contributed by atoms with Crippen LogP contribution >= 0.6 is 12.4 Å². The molecule has 0 spiro atoms. The smallest absolute Gasteiger partial charge is 0.321 e. The van der Waals surface area contributed by atoms with Crippen molar-refractivity contribution in [2.45, 2.75) is 19.4 Å². The Kier molecular flexibility index (Phi) is 8.05. The SMILES string of the molecule is CCc1ccc(C2CNCCN2C(=O)c2cccc(NC(=O)N(C)C)c2)cc1.Cl. The summed E-state index contributed by atoms with van der Waals surface area (Å²) in [4.78, 5) is 28.5.